The number of benzene rings is 1. The number of methoxy groups -OCH3 is 2. The maximum atomic E-state index is 12.5. The molecular weight excluding hydrogens is 300 g/mol. The molecule has 0 saturated heterocycles. The first-order chi connectivity index (χ1) is 11.5. The Bertz CT molecular complexity index is 609. The highest BCUT2D eigenvalue weighted by Gasteiger charge is 2.50. The van der Waals surface area contributed by atoms with Crippen molar-refractivity contribution in [1.82, 2.24) is 0 Å². The highest BCUT2D eigenvalue weighted by atomic mass is 16.5. The predicted molar refractivity (Wildman–Crippen MR) is 95.8 cm³/mol. The molecule has 3 rings (SSSR count). The number of rotatable bonds is 3. The first kappa shape index (κ1) is 17.3. The summed E-state index contributed by atoms with van der Waals surface area (Å²) >= 11 is 0. The molecule has 3 nitrogen and oxygen atoms in total. The van der Waals surface area contributed by atoms with E-state index < -0.39 is 0 Å². The standard InChI is InChI=1S/C21H30O3/c1-14-7-5-6-11-21(12-10-17(22)15(2)20(14)21)16-8-9-18(23-3)19(13-16)24-4/h8-9,13-15,20H,5-7,10-12H2,1-4H3. The van der Waals surface area contributed by atoms with Crippen LogP contribution in [0.1, 0.15) is 57.9 Å². The lowest BCUT2D eigenvalue weighted by molar-refractivity contribution is -0.130. The summed E-state index contributed by atoms with van der Waals surface area (Å²) in [7, 11) is 3.37. The fourth-order valence-electron chi connectivity index (χ4n) is 5.46. The van der Waals surface area contributed by atoms with Crippen molar-refractivity contribution in [2.75, 3.05) is 14.2 Å². The van der Waals surface area contributed by atoms with Crippen LogP contribution in [0.15, 0.2) is 18.2 Å². The molecule has 0 N–H and O–H groups in total. The fourth-order valence-corrected chi connectivity index (χ4v) is 5.46. The number of hydrogen-bond donors (Lipinski definition) is 0. The van der Waals surface area contributed by atoms with E-state index in [9.17, 15) is 4.79 Å². The number of ether oxygens (including phenoxy) is 2. The van der Waals surface area contributed by atoms with E-state index in [0.717, 1.165) is 17.9 Å². The van der Waals surface area contributed by atoms with E-state index in [1.165, 1.54) is 31.2 Å². The van der Waals surface area contributed by atoms with Crippen LogP contribution in [0.5, 0.6) is 11.5 Å². The van der Waals surface area contributed by atoms with Crippen molar-refractivity contribution >= 4 is 5.78 Å². The zero-order chi connectivity index (χ0) is 17.3. The van der Waals surface area contributed by atoms with E-state index in [-0.39, 0.29) is 11.3 Å². The second kappa shape index (κ2) is 6.78. The van der Waals surface area contributed by atoms with Gasteiger partial charge in [0.2, 0.25) is 0 Å². The number of ketones is 1. The van der Waals surface area contributed by atoms with Crippen LogP contribution >= 0.6 is 0 Å². The molecule has 0 heterocycles. The first-order valence-corrected chi connectivity index (χ1v) is 9.28. The van der Waals surface area contributed by atoms with Crippen molar-refractivity contribution in [3.05, 3.63) is 23.8 Å². The lowest BCUT2D eigenvalue weighted by Crippen LogP contribution is -2.47. The molecule has 0 amide bonds. The summed E-state index contributed by atoms with van der Waals surface area (Å²) < 4.78 is 11.0. The zero-order valence-electron chi connectivity index (χ0n) is 15.4. The van der Waals surface area contributed by atoms with Crippen LogP contribution in [0.25, 0.3) is 0 Å². The van der Waals surface area contributed by atoms with Gasteiger partial charge in [0.05, 0.1) is 14.2 Å². The minimum absolute atomic E-state index is 0.1000. The fraction of sp³-hybridized carbons (Fsp3) is 0.667. The molecule has 0 aromatic heterocycles. The molecule has 4 unspecified atom stereocenters. The lowest BCUT2D eigenvalue weighted by Gasteiger charge is -2.49. The van der Waals surface area contributed by atoms with Gasteiger partial charge >= 0.3 is 0 Å². The summed E-state index contributed by atoms with van der Waals surface area (Å²) in [6, 6.07) is 6.39. The second-order valence-electron chi connectivity index (χ2n) is 7.73. The van der Waals surface area contributed by atoms with Crippen molar-refractivity contribution in [3.8, 4) is 11.5 Å². The molecule has 1 aromatic rings. The van der Waals surface area contributed by atoms with Crippen LogP contribution in [0, 0.1) is 17.8 Å². The highest BCUT2D eigenvalue weighted by Crippen LogP contribution is 2.55. The molecule has 2 saturated carbocycles. The van der Waals surface area contributed by atoms with Gasteiger partial charge in [-0.2, -0.15) is 0 Å². The average Bonchev–Trinajstić information content (AvgIpc) is 2.77. The Labute approximate surface area is 145 Å². The largest absolute Gasteiger partial charge is 0.493 e. The Hall–Kier alpha value is -1.51. The van der Waals surface area contributed by atoms with Gasteiger partial charge in [-0.15, -0.1) is 0 Å². The maximum absolute atomic E-state index is 12.5. The van der Waals surface area contributed by atoms with Crippen molar-refractivity contribution in [2.45, 2.75) is 57.8 Å². The summed E-state index contributed by atoms with van der Waals surface area (Å²) in [5.74, 6) is 3.18. The number of Topliss-reactive ketones (excluding diaryl/α,β-unsaturated/α-hetero) is 1. The molecule has 2 aliphatic carbocycles. The molecular formula is C21H30O3. The molecule has 4 atom stereocenters. The van der Waals surface area contributed by atoms with Crippen LogP contribution < -0.4 is 9.47 Å². The van der Waals surface area contributed by atoms with Gasteiger partial charge in [0.1, 0.15) is 5.78 Å². The molecule has 24 heavy (non-hydrogen) atoms. The Morgan fingerprint density at radius 3 is 2.50 bits per heavy atom. The minimum Gasteiger partial charge on any atom is -0.493 e. The Morgan fingerprint density at radius 1 is 1.04 bits per heavy atom. The topological polar surface area (TPSA) is 35.5 Å². The normalized spacial score (nSPS) is 33.5. The van der Waals surface area contributed by atoms with E-state index in [0.29, 0.717) is 24.0 Å². The van der Waals surface area contributed by atoms with E-state index in [1.807, 2.05) is 6.07 Å². The number of carbonyl (C=O) groups is 1. The van der Waals surface area contributed by atoms with Crippen molar-refractivity contribution in [1.29, 1.82) is 0 Å². The maximum Gasteiger partial charge on any atom is 0.161 e. The molecule has 0 spiro atoms. The van der Waals surface area contributed by atoms with Crippen LogP contribution in [-0.2, 0) is 10.2 Å². The van der Waals surface area contributed by atoms with Crippen LogP contribution in [0.3, 0.4) is 0 Å². The SMILES string of the molecule is COc1ccc(C23CCCCC(C)C2C(C)C(=O)CC3)cc1OC. The van der Waals surface area contributed by atoms with Crippen molar-refractivity contribution < 1.29 is 14.3 Å². The quantitative estimate of drug-likeness (QED) is 0.801. The molecule has 0 radical (unpaired) electrons. The summed E-state index contributed by atoms with van der Waals surface area (Å²) in [6.45, 7) is 4.50. The third kappa shape index (κ3) is 2.72. The van der Waals surface area contributed by atoms with E-state index in [1.54, 1.807) is 14.2 Å². The smallest absolute Gasteiger partial charge is 0.161 e. The average molecular weight is 330 g/mol. The van der Waals surface area contributed by atoms with Gasteiger partial charge in [-0.05, 0) is 47.8 Å². The summed E-state index contributed by atoms with van der Waals surface area (Å²) in [5.41, 5.74) is 1.43. The van der Waals surface area contributed by atoms with Crippen LogP contribution in [0.2, 0.25) is 0 Å². The highest BCUT2D eigenvalue weighted by molar-refractivity contribution is 5.82. The minimum atomic E-state index is 0.1000. The Kier molecular flexibility index (Phi) is 4.89. The summed E-state index contributed by atoms with van der Waals surface area (Å²) in [4.78, 5) is 12.5. The number of fused-ring (bicyclic) bond motifs is 1. The monoisotopic (exact) mass is 330 g/mol. The van der Waals surface area contributed by atoms with Gasteiger partial charge in [-0.1, -0.05) is 39.2 Å². The Morgan fingerprint density at radius 2 is 1.79 bits per heavy atom. The lowest BCUT2D eigenvalue weighted by atomic mass is 9.54. The van der Waals surface area contributed by atoms with Gasteiger partial charge in [-0.3, -0.25) is 4.79 Å². The van der Waals surface area contributed by atoms with Gasteiger partial charge in [0.15, 0.2) is 11.5 Å². The van der Waals surface area contributed by atoms with Crippen molar-refractivity contribution in [2.24, 2.45) is 17.8 Å². The van der Waals surface area contributed by atoms with E-state index in [4.69, 9.17) is 9.47 Å². The van der Waals surface area contributed by atoms with Gasteiger partial charge in [-0.25, -0.2) is 0 Å². The molecule has 3 heteroatoms. The third-order valence-electron chi connectivity index (χ3n) is 6.61. The Balaban J connectivity index is 2.11. The van der Waals surface area contributed by atoms with Gasteiger partial charge < -0.3 is 9.47 Å². The molecule has 1 aromatic carbocycles. The van der Waals surface area contributed by atoms with E-state index >= 15 is 0 Å². The van der Waals surface area contributed by atoms with Crippen molar-refractivity contribution in [3.63, 3.8) is 0 Å². The van der Waals surface area contributed by atoms with E-state index in [2.05, 4.69) is 26.0 Å². The molecule has 0 bridgehead atoms. The second-order valence-corrected chi connectivity index (χ2v) is 7.73. The number of hydrogen-bond acceptors (Lipinski definition) is 3. The molecule has 132 valence electrons. The zero-order valence-corrected chi connectivity index (χ0v) is 15.4. The van der Waals surface area contributed by atoms with Gasteiger partial charge in [0.25, 0.3) is 0 Å². The molecule has 0 aliphatic heterocycles. The molecule has 2 aliphatic rings. The number of carbonyl (C=O) groups excluding carboxylic acids is 1. The van der Waals surface area contributed by atoms with Crippen LogP contribution in [-0.4, -0.2) is 20.0 Å². The summed E-state index contributed by atoms with van der Waals surface area (Å²) in [6.07, 6.45) is 6.61. The van der Waals surface area contributed by atoms with Crippen LogP contribution in [0.4, 0.5) is 0 Å². The molecule has 2 fully saturated rings. The van der Waals surface area contributed by atoms with Gasteiger partial charge in [0, 0.05) is 12.3 Å². The predicted octanol–water partition coefficient (Wildman–Crippen LogP) is 4.77. The first-order valence-electron chi connectivity index (χ1n) is 9.28. The summed E-state index contributed by atoms with van der Waals surface area (Å²) in [5, 5.41) is 0. The third-order valence-corrected chi connectivity index (χ3v) is 6.61.